The molecule has 1 fully saturated rings. The molecule has 4 heteroatoms. The molecule has 0 bridgehead atoms. The van der Waals surface area contributed by atoms with Gasteiger partial charge in [-0.3, -0.25) is 4.79 Å². The van der Waals surface area contributed by atoms with Crippen LogP contribution in [-0.4, -0.2) is 50.2 Å². The van der Waals surface area contributed by atoms with Crippen molar-refractivity contribution in [2.75, 3.05) is 39.4 Å². The van der Waals surface area contributed by atoms with Crippen LogP contribution < -0.4 is 5.32 Å². The molecule has 1 aliphatic heterocycles. The van der Waals surface area contributed by atoms with Gasteiger partial charge in [0, 0.05) is 19.7 Å². The van der Waals surface area contributed by atoms with Crippen LogP contribution in [0.1, 0.15) is 39.5 Å². The summed E-state index contributed by atoms with van der Waals surface area (Å²) in [6.07, 6.45) is 4.98. The molecule has 0 aromatic rings. The van der Waals surface area contributed by atoms with E-state index in [1.54, 1.807) is 0 Å². The average molecular weight is 256 g/mol. The van der Waals surface area contributed by atoms with Gasteiger partial charge >= 0.3 is 0 Å². The van der Waals surface area contributed by atoms with Gasteiger partial charge in [-0.1, -0.05) is 20.3 Å². The van der Waals surface area contributed by atoms with E-state index in [-0.39, 0.29) is 12.5 Å². The molecule has 1 N–H and O–H groups in total. The SMILES string of the molecule is CCCOCC(=O)NCC(C)CN1CCCCC1. The van der Waals surface area contributed by atoms with E-state index in [1.807, 2.05) is 6.92 Å². The zero-order valence-electron chi connectivity index (χ0n) is 11.9. The minimum Gasteiger partial charge on any atom is -0.372 e. The Morgan fingerprint density at radius 1 is 1.33 bits per heavy atom. The van der Waals surface area contributed by atoms with Crippen LogP contribution in [0.4, 0.5) is 0 Å². The molecular weight excluding hydrogens is 228 g/mol. The van der Waals surface area contributed by atoms with Gasteiger partial charge in [0.25, 0.3) is 0 Å². The lowest BCUT2D eigenvalue weighted by atomic mass is 10.1. The molecule has 0 radical (unpaired) electrons. The predicted molar refractivity (Wildman–Crippen MR) is 73.6 cm³/mol. The van der Waals surface area contributed by atoms with E-state index < -0.39 is 0 Å². The third-order valence-corrected chi connectivity index (χ3v) is 3.25. The van der Waals surface area contributed by atoms with Crippen molar-refractivity contribution in [2.24, 2.45) is 5.92 Å². The van der Waals surface area contributed by atoms with Gasteiger partial charge in [0.15, 0.2) is 0 Å². The largest absolute Gasteiger partial charge is 0.372 e. The fourth-order valence-electron chi connectivity index (χ4n) is 2.30. The minimum atomic E-state index is 0.00828. The molecule has 1 heterocycles. The van der Waals surface area contributed by atoms with Crippen LogP contribution in [0.2, 0.25) is 0 Å². The first-order valence-corrected chi connectivity index (χ1v) is 7.29. The summed E-state index contributed by atoms with van der Waals surface area (Å²) in [6, 6.07) is 0. The molecule has 0 aromatic carbocycles. The second kappa shape index (κ2) is 9.34. The smallest absolute Gasteiger partial charge is 0.246 e. The average Bonchev–Trinajstić information content (AvgIpc) is 2.38. The minimum absolute atomic E-state index is 0.00828. The van der Waals surface area contributed by atoms with Crippen molar-refractivity contribution in [1.82, 2.24) is 10.2 Å². The van der Waals surface area contributed by atoms with Gasteiger partial charge in [0.05, 0.1) is 0 Å². The second-order valence-electron chi connectivity index (χ2n) is 5.32. The maximum absolute atomic E-state index is 11.5. The number of amides is 1. The molecule has 1 rings (SSSR count). The lowest BCUT2D eigenvalue weighted by molar-refractivity contribution is -0.125. The Balaban J connectivity index is 2.04. The molecule has 1 amide bonds. The van der Waals surface area contributed by atoms with Crippen LogP contribution in [0.15, 0.2) is 0 Å². The quantitative estimate of drug-likeness (QED) is 0.671. The molecule has 1 aliphatic rings. The molecule has 1 saturated heterocycles. The zero-order valence-corrected chi connectivity index (χ0v) is 11.9. The number of nitrogens with zero attached hydrogens (tertiary/aromatic N) is 1. The number of rotatable bonds is 8. The van der Waals surface area contributed by atoms with Gasteiger partial charge in [0.1, 0.15) is 6.61 Å². The van der Waals surface area contributed by atoms with Crippen molar-refractivity contribution < 1.29 is 9.53 Å². The van der Waals surface area contributed by atoms with Crippen molar-refractivity contribution in [1.29, 1.82) is 0 Å². The summed E-state index contributed by atoms with van der Waals surface area (Å²) in [5.74, 6) is 0.521. The molecule has 18 heavy (non-hydrogen) atoms. The zero-order chi connectivity index (χ0) is 13.2. The molecule has 1 atom stereocenters. The first-order valence-electron chi connectivity index (χ1n) is 7.29. The Morgan fingerprint density at radius 2 is 2.06 bits per heavy atom. The highest BCUT2D eigenvalue weighted by Crippen LogP contribution is 2.10. The molecule has 1 unspecified atom stereocenters. The van der Waals surface area contributed by atoms with E-state index in [1.165, 1.54) is 32.4 Å². The van der Waals surface area contributed by atoms with Gasteiger partial charge < -0.3 is 15.0 Å². The first-order chi connectivity index (χ1) is 8.72. The van der Waals surface area contributed by atoms with Crippen molar-refractivity contribution in [3.05, 3.63) is 0 Å². The number of carbonyl (C=O) groups is 1. The predicted octanol–water partition coefficient (Wildman–Crippen LogP) is 1.65. The number of nitrogens with one attached hydrogen (secondary N) is 1. The lowest BCUT2D eigenvalue weighted by Gasteiger charge is -2.29. The summed E-state index contributed by atoms with van der Waals surface area (Å²) in [7, 11) is 0. The highest BCUT2D eigenvalue weighted by atomic mass is 16.5. The normalized spacial score (nSPS) is 18.6. The van der Waals surface area contributed by atoms with Crippen LogP contribution in [0.3, 0.4) is 0 Å². The van der Waals surface area contributed by atoms with Gasteiger partial charge in [-0.25, -0.2) is 0 Å². The van der Waals surface area contributed by atoms with Crippen molar-refractivity contribution >= 4 is 5.91 Å². The summed E-state index contributed by atoms with van der Waals surface area (Å²) < 4.78 is 5.20. The van der Waals surface area contributed by atoms with Crippen molar-refractivity contribution in [3.8, 4) is 0 Å². The molecule has 106 valence electrons. The topological polar surface area (TPSA) is 41.6 Å². The lowest BCUT2D eigenvalue weighted by Crippen LogP contribution is -2.38. The highest BCUT2D eigenvalue weighted by molar-refractivity contribution is 5.77. The maximum Gasteiger partial charge on any atom is 0.246 e. The van der Waals surface area contributed by atoms with Crippen LogP contribution in [-0.2, 0) is 9.53 Å². The number of hydrogen-bond donors (Lipinski definition) is 1. The van der Waals surface area contributed by atoms with Gasteiger partial charge in [-0.15, -0.1) is 0 Å². The fraction of sp³-hybridized carbons (Fsp3) is 0.929. The van der Waals surface area contributed by atoms with Gasteiger partial charge in [-0.2, -0.15) is 0 Å². The van der Waals surface area contributed by atoms with Crippen LogP contribution in [0, 0.1) is 5.92 Å². The van der Waals surface area contributed by atoms with E-state index in [0.717, 1.165) is 19.5 Å². The fourth-order valence-corrected chi connectivity index (χ4v) is 2.30. The molecular formula is C14H28N2O2. The highest BCUT2D eigenvalue weighted by Gasteiger charge is 2.13. The first kappa shape index (κ1) is 15.4. The Bertz CT molecular complexity index is 228. The molecule has 0 aromatic heterocycles. The Morgan fingerprint density at radius 3 is 2.72 bits per heavy atom. The molecule has 4 nitrogen and oxygen atoms in total. The van der Waals surface area contributed by atoms with E-state index in [0.29, 0.717) is 12.5 Å². The third-order valence-electron chi connectivity index (χ3n) is 3.25. The molecule has 0 aliphatic carbocycles. The number of ether oxygens (including phenoxy) is 1. The third kappa shape index (κ3) is 6.97. The van der Waals surface area contributed by atoms with Crippen molar-refractivity contribution in [2.45, 2.75) is 39.5 Å². The number of carbonyl (C=O) groups excluding carboxylic acids is 1. The number of likely N-dealkylation sites (tertiary alicyclic amines) is 1. The Kier molecular flexibility index (Phi) is 8.01. The monoisotopic (exact) mass is 256 g/mol. The van der Waals surface area contributed by atoms with E-state index >= 15 is 0 Å². The summed E-state index contributed by atoms with van der Waals surface area (Å²) >= 11 is 0. The molecule has 0 saturated carbocycles. The standard InChI is InChI=1S/C14H28N2O2/c1-3-9-18-12-14(17)15-10-13(2)11-16-7-5-4-6-8-16/h13H,3-12H2,1-2H3,(H,15,17). The summed E-state index contributed by atoms with van der Waals surface area (Å²) in [4.78, 5) is 14.0. The summed E-state index contributed by atoms with van der Waals surface area (Å²) in [5.41, 5.74) is 0. The number of piperidine rings is 1. The van der Waals surface area contributed by atoms with Crippen LogP contribution in [0.25, 0.3) is 0 Å². The van der Waals surface area contributed by atoms with E-state index in [2.05, 4.69) is 17.1 Å². The van der Waals surface area contributed by atoms with Crippen LogP contribution in [0.5, 0.6) is 0 Å². The van der Waals surface area contributed by atoms with Gasteiger partial charge in [-0.05, 0) is 38.3 Å². The Labute approximate surface area is 111 Å². The van der Waals surface area contributed by atoms with Gasteiger partial charge in [0.2, 0.25) is 5.91 Å². The van der Waals surface area contributed by atoms with E-state index in [4.69, 9.17) is 4.74 Å². The summed E-state index contributed by atoms with van der Waals surface area (Å²) in [5, 5.41) is 2.94. The van der Waals surface area contributed by atoms with Crippen molar-refractivity contribution in [3.63, 3.8) is 0 Å². The molecule has 0 spiro atoms. The Hall–Kier alpha value is -0.610. The summed E-state index contributed by atoms with van der Waals surface area (Å²) in [6.45, 7) is 9.39. The second-order valence-corrected chi connectivity index (χ2v) is 5.32. The van der Waals surface area contributed by atoms with Crippen LogP contribution >= 0.6 is 0 Å². The number of hydrogen-bond acceptors (Lipinski definition) is 3. The maximum atomic E-state index is 11.5. The van der Waals surface area contributed by atoms with E-state index in [9.17, 15) is 4.79 Å².